The van der Waals surface area contributed by atoms with Crippen LogP contribution in [0.4, 0.5) is 13.2 Å². The third-order valence-electron chi connectivity index (χ3n) is 7.96. The van der Waals surface area contributed by atoms with Crippen LogP contribution in [-0.4, -0.2) is 46.7 Å². The number of benzene rings is 1. The van der Waals surface area contributed by atoms with Gasteiger partial charge in [-0.25, -0.2) is 0 Å². The lowest BCUT2D eigenvalue weighted by Gasteiger charge is -2.32. The number of hydrogen-bond donors (Lipinski definition) is 0. The van der Waals surface area contributed by atoms with Gasteiger partial charge in [0.2, 0.25) is 11.7 Å². The number of nitrogens with zero attached hydrogens (tertiary/aromatic N) is 4. The molecule has 6 nitrogen and oxygen atoms in total. The number of rotatable bonds is 12. The van der Waals surface area contributed by atoms with Gasteiger partial charge in [-0.3, -0.25) is 4.90 Å². The average molecular weight is 571 g/mol. The smallest absolute Gasteiger partial charge is 0.419 e. The fraction of sp³-hybridized carbons (Fsp3) is 0.500. The summed E-state index contributed by atoms with van der Waals surface area (Å²) >= 11 is 0. The van der Waals surface area contributed by atoms with Crippen LogP contribution in [0.5, 0.6) is 5.75 Å². The summed E-state index contributed by atoms with van der Waals surface area (Å²) in [6.07, 6.45) is 7.72. The van der Waals surface area contributed by atoms with E-state index in [4.69, 9.17) is 9.26 Å². The van der Waals surface area contributed by atoms with Crippen LogP contribution >= 0.6 is 0 Å². The van der Waals surface area contributed by atoms with E-state index >= 15 is 0 Å². The Kier molecular flexibility index (Phi) is 10.1. The molecule has 4 rings (SSSR count). The molecular formula is C32H41F3N4O2. The molecule has 1 aliphatic carbocycles. The van der Waals surface area contributed by atoms with Gasteiger partial charge in [-0.1, -0.05) is 29.8 Å². The molecule has 1 aliphatic heterocycles. The molecule has 41 heavy (non-hydrogen) atoms. The van der Waals surface area contributed by atoms with E-state index < -0.39 is 11.7 Å². The van der Waals surface area contributed by atoms with Gasteiger partial charge in [-0.2, -0.15) is 18.2 Å². The van der Waals surface area contributed by atoms with Gasteiger partial charge in [-0.15, -0.1) is 6.58 Å². The molecule has 1 saturated heterocycles. The zero-order chi connectivity index (χ0) is 29.6. The Balaban J connectivity index is 1.48. The zero-order valence-corrected chi connectivity index (χ0v) is 24.6. The number of likely N-dealkylation sites (tertiary alicyclic amines) is 1. The quantitative estimate of drug-likeness (QED) is 0.188. The van der Waals surface area contributed by atoms with Crippen LogP contribution in [0.25, 0.3) is 11.4 Å². The van der Waals surface area contributed by atoms with Crippen molar-refractivity contribution in [1.29, 1.82) is 0 Å². The lowest BCUT2D eigenvalue weighted by Crippen LogP contribution is -2.25. The standard InChI is InChI=1S/C32H41F3N4O2/c1-6-18-39(27-13-9-8-12-23(27)4)26(22(3)7-2)15-11-20-40-29-17-16-24(21-25(29)32(33,34)35)30-36-31(41-37-30)28-14-10-19-38(28)5/h6,9,13,16-17,21,28H,1,7-8,10-12,14-15,18-20H2,2-5H3. The van der Waals surface area contributed by atoms with Crippen molar-refractivity contribution in [2.45, 2.75) is 77.9 Å². The van der Waals surface area contributed by atoms with Crippen molar-refractivity contribution in [3.8, 4) is 17.1 Å². The lowest BCUT2D eigenvalue weighted by molar-refractivity contribution is -0.138. The molecule has 0 amide bonds. The Labute approximate surface area is 241 Å². The predicted octanol–water partition coefficient (Wildman–Crippen LogP) is 8.48. The number of allylic oxidation sites excluding steroid dienone is 5. The molecule has 0 spiro atoms. The van der Waals surface area contributed by atoms with Crippen LogP contribution in [0.3, 0.4) is 0 Å². The summed E-state index contributed by atoms with van der Waals surface area (Å²) in [4.78, 5) is 8.80. The number of alkyl halides is 3. The molecule has 1 atom stereocenters. The van der Waals surface area contributed by atoms with Crippen molar-refractivity contribution >= 4 is 0 Å². The maximum atomic E-state index is 14.1. The molecule has 222 valence electrons. The van der Waals surface area contributed by atoms with E-state index in [0.717, 1.165) is 44.7 Å². The van der Waals surface area contributed by atoms with E-state index in [1.54, 1.807) is 6.07 Å². The number of halogens is 3. The molecule has 2 aliphatic rings. The normalized spacial score (nSPS) is 18.6. The van der Waals surface area contributed by atoms with E-state index in [2.05, 4.69) is 59.4 Å². The molecule has 1 aromatic carbocycles. The van der Waals surface area contributed by atoms with Crippen molar-refractivity contribution < 1.29 is 22.4 Å². The molecule has 2 heterocycles. The summed E-state index contributed by atoms with van der Waals surface area (Å²) in [6, 6.07) is 3.95. The van der Waals surface area contributed by atoms with Crippen LogP contribution in [0.15, 0.2) is 70.1 Å². The summed E-state index contributed by atoms with van der Waals surface area (Å²) in [5.41, 5.74) is 4.32. The Bertz CT molecular complexity index is 1310. The topological polar surface area (TPSA) is 54.6 Å². The molecule has 0 bridgehead atoms. The maximum absolute atomic E-state index is 14.1. The van der Waals surface area contributed by atoms with E-state index in [9.17, 15) is 13.2 Å². The molecule has 1 fully saturated rings. The van der Waals surface area contributed by atoms with E-state index in [0.29, 0.717) is 25.3 Å². The van der Waals surface area contributed by atoms with Crippen molar-refractivity contribution in [2.24, 2.45) is 0 Å². The van der Waals surface area contributed by atoms with Crippen molar-refractivity contribution in [2.75, 3.05) is 26.7 Å². The second kappa shape index (κ2) is 13.6. The second-order valence-corrected chi connectivity index (χ2v) is 10.8. The predicted molar refractivity (Wildman–Crippen MR) is 155 cm³/mol. The van der Waals surface area contributed by atoms with Crippen LogP contribution in [0.2, 0.25) is 0 Å². The first kappa shape index (κ1) is 30.6. The van der Waals surface area contributed by atoms with Crippen molar-refractivity contribution in [3.05, 3.63) is 77.0 Å². The molecule has 1 aromatic heterocycles. The lowest BCUT2D eigenvalue weighted by atomic mass is 10.00. The first-order valence-corrected chi connectivity index (χ1v) is 14.5. The minimum absolute atomic E-state index is 0.00651. The first-order valence-electron chi connectivity index (χ1n) is 14.5. The third kappa shape index (κ3) is 7.31. The van der Waals surface area contributed by atoms with Crippen molar-refractivity contribution in [1.82, 2.24) is 19.9 Å². The first-order chi connectivity index (χ1) is 19.6. The van der Waals surface area contributed by atoms with Gasteiger partial charge in [0.25, 0.3) is 0 Å². The van der Waals surface area contributed by atoms with Gasteiger partial charge in [0.05, 0.1) is 18.2 Å². The summed E-state index contributed by atoms with van der Waals surface area (Å²) in [5.74, 6) is 0.376. The molecule has 9 heteroatoms. The Morgan fingerprint density at radius 1 is 1.32 bits per heavy atom. The highest BCUT2D eigenvalue weighted by molar-refractivity contribution is 5.59. The van der Waals surface area contributed by atoms with Crippen molar-refractivity contribution in [3.63, 3.8) is 0 Å². The second-order valence-electron chi connectivity index (χ2n) is 10.8. The maximum Gasteiger partial charge on any atom is 0.419 e. The van der Waals surface area contributed by atoms with Gasteiger partial charge in [0, 0.05) is 23.5 Å². The summed E-state index contributed by atoms with van der Waals surface area (Å²) in [7, 11) is 1.97. The van der Waals surface area contributed by atoms with Crippen LogP contribution in [-0.2, 0) is 6.18 Å². The molecular weight excluding hydrogens is 529 g/mol. The molecule has 0 N–H and O–H groups in total. The van der Waals surface area contributed by atoms with E-state index in [-0.39, 0.29) is 29.8 Å². The fourth-order valence-electron chi connectivity index (χ4n) is 5.50. The Morgan fingerprint density at radius 2 is 2.12 bits per heavy atom. The highest BCUT2D eigenvalue weighted by atomic mass is 19.4. The fourth-order valence-corrected chi connectivity index (χ4v) is 5.50. The average Bonchev–Trinajstić information content (AvgIpc) is 3.61. The molecule has 0 radical (unpaired) electrons. The minimum atomic E-state index is -4.59. The molecule has 0 saturated carbocycles. The summed E-state index contributed by atoms with van der Waals surface area (Å²) in [5, 5.41) is 3.97. The number of hydrogen-bond acceptors (Lipinski definition) is 6. The Hall–Kier alpha value is -3.33. The van der Waals surface area contributed by atoms with Gasteiger partial charge < -0.3 is 14.2 Å². The monoisotopic (exact) mass is 570 g/mol. The largest absolute Gasteiger partial charge is 0.493 e. The molecule has 1 unspecified atom stereocenters. The number of aromatic nitrogens is 2. The van der Waals surface area contributed by atoms with Crippen LogP contribution < -0.4 is 4.74 Å². The highest BCUT2D eigenvalue weighted by Gasteiger charge is 2.35. The van der Waals surface area contributed by atoms with Gasteiger partial charge in [-0.05, 0) is 102 Å². The van der Waals surface area contributed by atoms with E-state index in [1.807, 2.05) is 13.1 Å². The van der Waals surface area contributed by atoms with Crippen LogP contribution in [0, 0.1) is 0 Å². The van der Waals surface area contributed by atoms with Crippen LogP contribution in [0.1, 0.15) is 83.2 Å². The highest BCUT2D eigenvalue weighted by Crippen LogP contribution is 2.39. The van der Waals surface area contributed by atoms with E-state index in [1.165, 1.54) is 28.6 Å². The molecule has 2 aromatic rings. The zero-order valence-electron chi connectivity index (χ0n) is 24.6. The third-order valence-corrected chi connectivity index (χ3v) is 7.96. The summed E-state index contributed by atoms with van der Waals surface area (Å²) < 4.78 is 53.4. The SMILES string of the molecule is C=CCN(C1=C(C)CCC=C1)C(CCCOc1ccc(-c2noc(C3CCCN3C)n2)cc1C(F)(F)F)=C(C)CC. The van der Waals surface area contributed by atoms with Gasteiger partial charge in [0.15, 0.2) is 0 Å². The van der Waals surface area contributed by atoms with Gasteiger partial charge in [0.1, 0.15) is 5.75 Å². The summed E-state index contributed by atoms with van der Waals surface area (Å²) in [6.45, 7) is 12.1. The number of ether oxygens (including phenoxy) is 1. The Morgan fingerprint density at radius 3 is 2.78 bits per heavy atom. The minimum Gasteiger partial charge on any atom is -0.493 e. The van der Waals surface area contributed by atoms with Gasteiger partial charge >= 0.3 is 6.18 Å².